The summed E-state index contributed by atoms with van der Waals surface area (Å²) in [7, 11) is 3.78. The predicted octanol–water partition coefficient (Wildman–Crippen LogP) is 4.77. The minimum atomic E-state index is 0.0110. The van der Waals surface area contributed by atoms with Crippen molar-refractivity contribution in [2.75, 3.05) is 0 Å². The van der Waals surface area contributed by atoms with E-state index in [1.807, 2.05) is 37.0 Å². The van der Waals surface area contributed by atoms with Crippen LogP contribution >= 0.6 is 0 Å². The summed E-state index contributed by atoms with van der Waals surface area (Å²) in [5.74, 6) is 0.858. The lowest BCUT2D eigenvalue weighted by Crippen LogP contribution is -2.19. The van der Waals surface area contributed by atoms with Gasteiger partial charge in [-0.05, 0) is 44.0 Å². The Morgan fingerprint density at radius 3 is 2.47 bits per heavy atom. The Labute approximate surface area is 186 Å². The number of benzene rings is 2. The first-order valence-electron chi connectivity index (χ1n) is 11.0. The minimum Gasteiger partial charge on any atom is -0.318 e. The van der Waals surface area contributed by atoms with Gasteiger partial charge in [-0.1, -0.05) is 37.3 Å². The lowest BCUT2D eigenvalue weighted by molar-refractivity contribution is 0.664. The van der Waals surface area contributed by atoms with Crippen LogP contribution in [0.1, 0.15) is 36.7 Å². The van der Waals surface area contributed by atoms with Crippen molar-refractivity contribution < 1.29 is 0 Å². The molecule has 0 aliphatic carbocycles. The third kappa shape index (κ3) is 3.06. The molecule has 0 saturated carbocycles. The summed E-state index contributed by atoms with van der Waals surface area (Å²) in [5, 5.41) is 5.84. The summed E-state index contributed by atoms with van der Waals surface area (Å²) in [6.45, 7) is 6.17. The molecule has 3 aromatic heterocycles. The van der Waals surface area contributed by atoms with Crippen LogP contribution in [0.5, 0.6) is 0 Å². The van der Waals surface area contributed by atoms with Gasteiger partial charge in [-0.3, -0.25) is 9.48 Å². The molecular weight excluding hydrogens is 398 g/mol. The van der Waals surface area contributed by atoms with E-state index in [9.17, 15) is 4.79 Å². The van der Waals surface area contributed by atoms with Crippen LogP contribution in [-0.4, -0.2) is 23.9 Å². The molecular formula is C26H27N5O. The van der Waals surface area contributed by atoms with E-state index >= 15 is 0 Å². The first-order chi connectivity index (χ1) is 15.4. The van der Waals surface area contributed by atoms with Gasteiger partial charge in [0.25, 0.3) is 5.56 Å². The first-order valence-corrected chi connectivity index (χ1v) is 11.0. The zero-order valence-corrected chi connectivity index (χ0v) is 19.1. The van der Waals surface area contributed by atoms with Crippen molar-refractivity contribution in [2.45, 2.75) is 33.2 Å². The second kappa shape index (κ2) is 7.48. The van der Waals surface area contributed by atoms with E-state index in [2.05, 4.69) is 54.8 Å². The number of aryl methyl sites for hydroxylation is 4. The Hall–Kier alpha value is -3.67. The van der Waals surface area contributed by atoms with Gasteiger partial charge in [-0.25, -0.2) is 4.98 Å². The molecule has 1 unspecified atom stereocenters. The number of nitrogens with zero attached hydrogens (tertiary/aromatic N) is 5. The van der Waals surface area contributed by atoms with Crippen molar-refractivity contribution in [2.24, 2.45) is 14.1 Å². The van der Waals surface area contributed by atoms with E-state index in [-0.39, 0.29) is 11.6 Å². The SMILES string of the molecule is CCc1nn(C)c2cc3c(cc12)nc(-c1cc(C)c(=O)n(C)c1)n3C(C)c1ccccc1. The molecule has 0 aliphatic rings. The number of imidazole rings is 1. The summed E-state index contributed by atoms with van der Waals surface area (Å²) in [5.41, 5.74) is 7.02. The molecule has 0 saturated heterocycles. The molecule has 5 aromatic rings. The maximum Gasteiger partial charge on any atom is 0.253 e. The molecule has 32 heavy (non-hydrogen) atoms. The Kier molecular flexibility index (Phi) is 4.73. The molecule has 0 spiro atoms. The molecule has 0 radical (unpaired) electrons. The first kappa shape index (κ1) is 20.2. The maximum absolute atomic E-state index is 12.3. The lowest BCUT2D eigenvalue weighted by atomic mass is 10.1. The summed E-state index contributed by atoms with van der Waals surface area (Å²) < 4.78 is 5.87. The summed E-state index contributed by atoms with van der Waals surface area (Å²) in [6.07, 6.45) is 2.75. The quantitative estimate of drug-likeness (QED) is 0.417. The molecule has 0 N–H and O–H groups in total. The van der Waals surface area contributed by atoms with Crippen molar-refractivity contribution in [1.82, 2.24) is 23.9 Å². The van der Waals surface area contributed by atoms with Gasteiger partial charge in [0.2, 0.25) is 0 Å². The average Bonchev–Trinajstić information content (AvgIpc) is 3.33. The number of fused-ring (bicyclic) bond motifs is 2. The highest BCUT2D eigenvalue weighted by molar-refractivity contribution is 5.96. The number of rotatable bonds is 4. The van der Waals surface area contributed by atoms with Crippen molar-refractivity contribution in [1.29, 1.82) is 0 Å². The van der Waals surface area contributed by atoms with Crippen LogP contribution in [0.15, 0.2) is 59.5 Å². The van der Waals surface area contributed by atoms with Crippen LogP contribution in [0, 0.1) is 6.92 Å². The molecule has 0 aliphatic heterocycles. The molecule has 5 rings (SSSR count). The fourth-order valence-electron chi connectivity index (χ4n) is 4.66. The van der Waals surface area contributed by atoms with E-state index in [1.165, 1.54) is 5.56 Å². The minimum absolute atomic E-state index is 0.0110. The second-order valence-corrected chi connectivity index (χ2v) is 8.50. The van der Waals surface area contributed by atoms with E-state index in [1.54, 1.807) is 11.6 Å². The van der Waals surface area contributed by atoms with Crippen LogP contribution < -0.4 is 5.56 Å². The van der Waals surface area contributed by atoms with Gasteiger partial charge in [-0.2, -0.15) is 5.10 Å². The third-order valence-electron chi connectivity index (χ3n) is 6.36. The fourth-order valence-corrected chi connectivity index (χ4v) is 4.66. The highest BCUT2D eigenvalue weighted by Crippen LogP contribution is 2.34. The smallest absolute Gasteiger partial charge is 0.253 e. The molecule has 1 atom stereocenters. The average molecular weight is 426 g/mol. The molecule has 3 heterocycles. The zero-order chi connectivity index (χ0) is 22.6. The lowest BCUT2D eigenvalue weighted by Gasteiger charge is -2.19. The van der Waals surface area contributed by atoms with Crippen LogP contribution in [0.3, 0.4) is 0 Å². The number of pyridine rings is 1. The van der Waals surface area contributed by atoms with Crippen molar-refractivity contribution >= 4 is 21.9 Å². The van der Waals surface area contributed by atoms with Gasteiger partial charge in [0.05, 0.1) is 28.3 Å². The molecule has 162 valence electrons. The second-order valence-electron chi connectivity index (χ2n) is 8.50. The zero-order valence-electron chi connectivity index (χ0n) is 19.1. The van der Waals surface area contributed by atoms with Gasteiger partial charge in [0.1, 0.15) is 5.82 Å². The molecule has 0 bridgehead atoms. The number of aromatic nitrogens is 5. The summed E-state index contributed by atoms with van der Waals surface area (Å²) in [4.78, 5) is 17.4. The highest BCUT2D eigenvalue weighted by atomic mass is 16.1. The molecule has 2 aromatic carbocycles. The van der Waals surface area contributed by atoms with Crippen molar-refractivity contribution in [3.05, 3.63) is 81.9 Å². The third-order valence-corrected chi connectivity index (χ3v) is 6.36. The molecule has 0 amide bonds. The normalized spacial score (nSPS) is 12.7. The van der Waals surface area contributed by atoms with E-state index in [4.69, 9.17) is 10.1 Å². The Bertz CT molecular complexity index is 1500. The van der Waals surface area contributed by atoms with Crippen LogP contribution in [-0.2, 0) is 20.5 Å². The topological polar surface area (TPSA) is 57.6 Å². The largest absolute Gasteiger partial charge is 0.318 e. The van der Waals surface area contributed by atoms with Crippen LogP contribution in [0.25, 0.3) is 33.3 Å². The predicted molar refractivity (Wildman–Crippen MR) is 129 cm³/mol. The van der Waals surface area contributed by atoms with Crippen molar-refractivity contribution in [3.63, 3.8) is 0 Å². The Morgan fingerprint density at radius 1 is 1.03 bits per heavy atom. The van der Waals surface area contributed by atoms with Gasteiger partial charge < -0.3 is 9.13 Å². The maximum atomic E-state index is 12.3. The Morgan fingerprint density at radius 2 is 1.78 bits per heavy atom. The van der Waals surface area contributed by atoms with E-state index in [0.717, 1.165) is 45.4 Å². The van der Waals surface area contributed by atoms with Crippen LogP contribution in [0.4, 0.5) is 0 Å². The van der Waals surface area contributed by atoms with Crippen LogP contribution in [0.2, 0.25) is 0 Å². The summed E-state index contributed by atoms with van der Waals surface area (Å²) in [6, 6.07) is 16.8. The monoisotopic (exact) mass is 425 g/mol. The summed E-state index contributed by atoms with van der Waals surface area (Å²) >= 11 is 0. The highest BCUT2D eigenvalue weighted by Gasteiger charge is 2.21. The number of hydrogen-bond acceptors (Lipinski definition) is 3. The fraction of sp³-hybridized carbons (Fsp3) is 0.269. The molecule has 6 heteroatoms. The van der Waals surface area contributed by atoms with Gasteiger partial charge in [0.15, 0.2) is 0 Å². The van der Waals surface area contributed by atoms with Crippen molar-refractivity contribution in [3.8, 4) is 11.4 Å². The van der Waals surface area contributed by atoms with Gasteiger partial charge in [-0.15, -0.1) is 0 Å². The van der Waals surface area contributed by atoms with E-state index < -0.39 is 0 Å². The molecule has 0 fully saturated rings. The van der Waals surface area contributed by atoms with Gasteiger partial charge in [0, 0.05) is 36.8 Å². The number of hydrogen-bond donors (Lipinski definition) is 0. The standard InChI is InChI=1S/C26H27N5O/c1-6-21-20-13-22-24(14-23(20)30(5)28-21)31(17(3)18-10-8-7-9-11-18)25(27-22)19-12-16(2)26(32)29(4)15-19/h7-15,17H,6H2,1-5H3. The Balaban J connectivity index is 1.86. The van der Waals surface area contributed by atoms with Gasteiger partial charge >= 0.3 is 0 Å². The molecule has 6 nitrogen and oxygen atoms in total. The van der Waals surface area contributed by atoms with E-state index in [0.29, 0.717) is 5.56 Å².